The van der Waals surface area contributed by atoms with Crippen molar-refractivity contribution in [3.63, 3.8) is 0 Å². The van der Waals surface area contributed by atoms with E-state index in [4.69, 9.17) is 0 Å². The highest BCUT2D eigenvalue weighted by molar-refractivity contribution is 5.87. The number of hydrogen-bond donors (Lipinski definition) is 2. The topological polar surface area (TPSA) is 66.9 Å². The number of anilines is 1. The van der Waals surface area contributed by atoms with E-state index in [9.17, 15) is 18.0 Å². The van der Waals surface area contributed by atoms with Crippen LogP contribution in [0.1, 0.15) is 11.1 Å². The lowest BCUT2D eigenvalue weighted by Crippen LogP contribution is -2.30. The lowest BCUT2D eigenvalue weighted by molar-refractivity contribution is -0.137. The SMILES string of the molecule is O=C(Cc1cccc2cccnc12)NCCNc1ccc(C(F)(F)F)cn1. The number of amides is 1. The Bertz CT molecular complexity index is 921. The maximum absolute atomic E-state index is 12.5. The number of pyridine rings is 2. The number of benzene rings is 1. The molecule has 0 radical (unpaired) electrons. The Morgan fingerprint density at radius 2 is 1.81 bits per heavy atom. The number of halogens is 3. The molecule has 3 rings (SSSR count). The molecule has 0 unspecified atom stereocenters. The minimum atomic E-state index is -4.41. The van der Waals surface area contributed by atoms with Crippen molar-refractivity contribution < 1.29 is 18.0 Å². The van der Waals surface area contributed by atoms with Crippen LogP contribution in [-0.4, -0.2) is 29.0 Å². The molecule has 0 bridgehead atoms. The zero-order valence-electron chi connectivity index (χ0n) is 14.3. The van der Waals surface area contributed by atoms with Gasteiger partial charge < -0.3 is 10.6 Å². The average molecular weight is 374 g/mol. The van der Waals surface area contributed by atoms with Crippen LogP contribution in [0.5, 0.6) is 0 Å². The molecule has 0 saturated carbocycles. The van der Waals surface area contributed by atoms with Crippen LogP contribution in [0.15, 0.2) is 54.9 Å². The summed E-state index contributed by atoms with van der Waals surface area (Å²) >= 11 is 0. The summed E-state index contributed by atoms with van der Waals surface area (Å²) in [6, 6.07) is 11.7. The number of aromatic nitrogens is 2. The molecule has 0 atom stereocenters. The number of rotatable bonds is 6. The second kappa shape index (κ2) is 8.03. The predicted molar refractivity (Wildman–Crippen MR) is 96.2 cm³/mol. The molecular formula is C19H17F3N4O. The molecule has 27 heavy (non-hydrogen) atoms. The van der Waals surface area contributed by atoms with Gasteiger partial charge in [0.1, 0.15) is 5.82 Å². The van der Waals surface area contributed by atoms with Gasteiger partial charge in [0.2, 0.25) is 5.91 Å². The average Bonchev–Trinajstić information content (AvgIpc) is 2.65. The van der Waals surface area contributed by atoms with E-state index in [2.05, 4.69) is 20.6 Å². The number of carbonyl (C=O) groups is 1. The zero-order chi connectivity index (χ0) is 19.3. The largest absolute Gasteiger partial charge is 0.417 e. The fourth-order valence-corrected chi connectivity index (χ4v) is 2.60. The second-order valence-corrected chi connectivity index (χ2v) is 5.88. The Morgan fingerprint density at radius 3 is 2.56 bits per heavy atom. The van der Waals surface area contributed by atoms with E-state index >= 15 is 0 Å². The monoisotopic (exact) mass is 374 g/mol. The van der Waals surface area contributed by atoms with Crippen molar-refractivity contribution in [2.75, 3.05) is 18.4 Å². The van der Waals surface area contributed by atoms with Gasteiger partial charge in [-0.15, -0.1) is 0 Å². The van der Waals surface area contributed by atoms with Crippen LogP contribution >= 0.6 is 0 Å². The van der Waals surface area contributed by atoms with E-state index in [0.717, 1.165) is 28.7 Å². The van der Waals surface area contributed by atoms with Crippen molar-refractivity contribution in [1.82, 2.24) is 15.3 Å². The number of alkyl halides is 3. The Hall–Kier alpha value is -3.16. The van der Waals surface area contributed by atoms with Gasteiger partial charge in [0.05, 0.1) is 17.5 Å². The van der Waals surface area contributed by atoms with Gasteiger partial charge in [0.25, 0.3) is 0 Å². The molecule has 0 spiro atoms. The Balaban J connectivity index is 1.47. The molecule has 2 heterocycles. The summed E-state index contributed by atoms with van der Waals surface area (Å²) in [4.78, 5) is 20.1. The third-order valence-corrected chi connectivity index (χ3v) is 3.91. The number of hydrogen-bond acceptors (Lipinski definition) is 4. The zero-order valence-corrected chi connectivity index (χ0v) is 14.3. The van der Waals surface area contributed by atoms with E-state index in [-0.39, 0.29) is 12.3 Å². The number of nitrogens with zero attached hydrogens (tertiary/aromatic N) is 2. The maximum Gasteiger partial charge on any atom is 0.417 e. The van der Waals surface area contributed by atoms with Crippen molar-refractivity contribution in [1.29, 1.82) is 0 Å². The molecule has 0 aliphatic rings. The van der Waals surface area contributed by atoms with E-state index in [1.54, 1.807) is 6.20 Å². The fraction of sp³-hybridized carbons (Fsp3) is 0.211. The van der Waals surface area contributed by atoms with Gasteiger partial charge >= 0.3 is 6.18 Å². The van der Waals surface area contributed by atoms with Crippen molar-refractivity contribution >= 4 is 22.6 Å². The van der Waals surface area contributed by atoms with Crippen LogP contribution < -0.4 is 10.6 Å². The number of para-hydroxylation sites is 1. The third-order valence-electron chi connectivity index (χ3n) is 3.91. The van der Waals surface area contributed by atoms with Crippen LogP contribution in [0.25, 0.3) is 10.9 Å². The maximum atomic E-state index is 12.5. The fourth-order valence-electron chi connectivity index (χ4n) is 2.60. The lowest BCUT2D eigenvalue weighted by Gasteiger charge is -2.10. The van der Waals surface area contributed by atoms with E-state index in [1.807, 2.05) is 30.3 Å². The molecule has 2 aromatic heterocycles. The first-order valence-corrected chi connectivity index (χ1v) is 8.30. The molecule has 8 heteroatoms. The normalized spacial score (nSPS) is 11.4. The Kier molecular flexibility index (Phi) is 5.54. The van der Waals surface area contributed by atoms with Gasteiger partial charge in [-0.2, -0.15) is 13.2 Å². The van der Waals surface area contributed by atoms with E-state index in [1.165, 1.54) is 6.07 Å². The quantitative estimate of drug-likeness (QED) is 0.649. The van der Waals surface area contributed by atoms with Gasteiger partial charge in [0, 0.05) is 30.9 Å². The molecule has 5 nitrogen and oxygen atoms in total. The van der Waals surface area contributed by atoms with Gasteiger partial charge in [0.15, 0.2) is 0 Å². The van der Waals surface area contributed by atoms with Gasteiger partial charge in [-0.25, -0.2) is 4.98 Å². The van der Waals surface area contributed by atoms with Gasteiger partial charge in [-0.1, -0.05) is 24.3 Å². The summed E-state index contributed by atoms with van der Waals surface area (Å²) in [5.74, 6) is 0.158. The smallest absolute Gasteiger partial charge is 0.368 e. The summed E-state index contributed by atoms with van der Waals surface area (Å²) in [5.41, 5.74) is 0.829. The molecule has 0 fully saturated rings. The van der Waals surface area contributed by atoms with Crippen LogP contribution in [0.2, 0.25) is 0 Å². The van der Waals surface area contributed by atoms with Gasteiger partial charge in [-0.05, 0) is 23.8 Å². The molecule has 0 aliphatic carbocycles. The van der Waals surface area contributed by atoms with Crippen molar-refractivity contribution in [2.24, 2.45) is 0 Å². The van der Waals surface area contributed by atoms with Crippen molar-refractivity contribution in [2.45, 2.75) is 12.6 Å². The standard InChI is InChI=1S/C19H17F3N4O/c20-19(21,22)15-6-7-16(26-12-15)23-9-10-24-17(27)11-14-4-1-3-13-5-2-8-25-18(13)14/h1-8,12H,9-11H2,(H,23,26)(H,24,27). The summed E-state index contributed by atoms with van der Waals surface area (Å²) in [6.07, 6.45) is -1.75. The molecule has 140 valence electrons. The Labute approximate surface area is 153 Å². The molecule has 2 N–H and O–H groups in total. The molecular weight excluding hydrogens is 357 g/mol. The highest BCUT2D eigenvalue weighted by atomic mass is 19.4. The second-order valence-electron chi connectivity index (χ2n) is 5.88. The van der Waals surface area contributed by atoms with Crippen LogP contribution in [0.3, 0.4) is 0 Å². The van der Waals surface area contributed by atoms with Crippen LogP contribution in [0, 0.1) is 0 Å². The molecule has 1 amide bonds. The summed E-state index contributed by atoms with van der Waals surface area (Å²) in [7, 11) is 0. The van der Waals surface area contributed by atoms with E-state index < -0.39 is 11.7 Å². The number of nitrogens with one attached hydrogen (secondary N) is 2. The van der Waals surface area contributed by atoms with Crippen molar-refractivity contribution in [3.8, 4) is 0 Å². The summed E-state index contributed by atoms with van der Waals surface area (Å²) in [6.45, 7) is 0.664. The molecule has 0 aliphatic heterocycles. The highest BCUT2D eigenvalue weighted by Crippen LogP contribution is 2.28. The predicted octanol–water partition coefficient (Wildman–Crippen LogP) is 3.42. The highest BCUT2D eigenvalue weighted by Gasteiger charge is 2.30. The minimum absolute atomic E-state index is 0.157. The molecule has 1 aromatic carbocycles. The van der Waals surface area contributed by atoms with Gasteiger partial charge in [-0.3, -0.25) is 9.78 Å². The molecule has 0 saturated heterocycles. The number of carbonyl (C=O) groups excluding carboxylic acids is 1. The first-order chi connectivity index (χ1) is 12.9. The van der Waals surface area contributed by atoms with Crippen molar-refractivity contribution in [3.05, 3.63) is 66.0 Å². The third kappa shape index (κ3) is 4.93. The number of fused-ring (bicyclic) bond motifs is 1. The lowest BCUT2D eigenvalue weighted by atomic mass is 10.1. The summed E-state index contributed by atoms with van der Waals surface area (Å²) in [5, 5.41) is 6.60. The van der Waals surface area contributed by atoms with Crippen LogP contribution in [0.4, 0.5) is 19.0 Å². The molecule has 3 aromatic rings. The first-order valence-electron chi connectivity index (χ1n) is 8.30. The van der Waals surface area contributed by atoms with Crippen LogP contribution in [-0.2, 0) is 17.4 Å². The minimum Gasteiger partial charge on any atom is -0.368 e. The van der Waals surface area contributed by atoms with E-state index in [0.29, 0.717) is 18.9 Å². The Morgan fingerprint density at radius 1 is 1.00 bits per heavy atom. The summed E-state index contributed by atoms with van der Waals surface area (Å²) < 4.78 is 37.4. The first kappa shape index (κ1) is 18.6.